The number of halogens is 3. The molecular weight excluding hydrogens is 526 g/mol. The number of amides is 1. The molecule has 0 heterocycles. The molecule has 1 N–H and O–H groups in total. The molecule has 146 valence electrons. The molecule has 0 radical (unpaired) electrons. The van der Waals surface area contributed by atoms with Gasteiger partial charge in [-0.05, 0) is 82.8 Å². The van der Waals surface area contributed by atoms with Crippen molar-refractivity contribution in [1.29, 1.82) is 0 Å². The molecule has 0 spiro atoms. The third kappa shape index (κ3) is 5.79. The van der Waals surface area contributed by atoms with Crippen molar-refractivity contribution in [1.82, 2.24) is 5.43 Å². The van der Waals surface area contributed by atoms with Gasteiger partial charge in [-0.1, -0.05) is 35.3 Å². The summed E-state index contributed by atoms with van der Waals surface area (Å²) in [6.45, 7) is 0. The maximum Gasteiger partial charge on any atom is 0.345 e. The predicted octanol–water partition coefficient (Wildman–Crippen LogP) is 5.58. The van der Waals surface area contributed by atoms with Gasteiger partial charge in [-0.3, -0.25) is 4.79 Å². The van der Waals surface area contributed by atoms with Gasteiger partial charge in [0, 0.05) is 8.59 Å². The van der Waals surface area contributed by atoms with Crippen molar-refractivity contribution in [2.75, 3.05) is 0 Å². The van der Waals surface area contributed by atoms with Gasteiger partial charge < -0.3 is 4.74 Å². The van der Waals surface area contributed by atoms with Crippen LogP contribution in [0, 0.1) is 3.57 Å². The van der Waals surface area contributed by atoms with Crippen molar-refractivity contribution in [2.45, 2.75) is 0 Å². The number of nitrogens with zero attached hydrogens (tertiary/aromatic N) is 1. The molecule has 5 nitrogen and oxygen atoms in total. The number of rotatable bonds is 5. The van der Waals surface area contributed by atoms with Gasteiger partial charge in [-0.2, -0.15) is 5.10 Å². The molecule has 0 aliphatic heterocycles. The number of carbonyl (C=O) groups excluding carboxylic acids is 2. The van der Waals surface area contributed by atoms with E-state index in [-0.39, 0.29) is 16.5 Å². The van der Waals surface area contributed by atoms with Crippen LogP contribution in [-0.2, 0) is 0 Å². The van der Waals surface area contributed by atoms with Crippen molar-refractivity contribution in [3.05, 3.63) is 97.0 Å². The summed E-state index contributed by atoms with van der Waals surface area (Å²) >= 11 is 13.9. The van der Waals surface area contributed by atoms with Crippen molar-refractivity contribution in [3.63, 3.8) is 0 Å². The Kier molecular flexibility index (Phi) is 7.24. The lowest BCUT2D eigenvalue weighted by Gasteiger charge is -2.06. The lowest BCUT2D eigenvalue weighted by molar-refractivity contribution is 0.0734. The molecule has 0 aliphatic rings. The minimum Gasteiger partial charge on any atom is -0.423 e. The number of nitrogens with one attached hydrogen (secondary N) is 1. The third-order valence-electron chi connectivity index (χ3n) is 3.74. The van der Waals surface area contributed by atoms with Crippen LogP contribution in [0.5, 0.6) is 5.75 Å². The van der Waals surface area contributed by atoms with Crippen molar-refractivity contribution in [2.24, 2.45) is 5.10 Å². The monoisotopic (exact) mass is 538 g/mol. The fourth-order valence-electron chi connectivity index (χ4n) is 2.31. The molecule has 29 heavy (non-hydrogen) atoms. The molecule has 0 aromatic heterocycles. The normalized spacial score (nSPS) is 10.7. The molecule has 0 aliphatic carbocycles. The molecule has 1 amide bonds. The molecular formula is C21H13Cl2IN2O3. The topological polar surface area (TPSA) is 67.8 Å². The van der Waals surface area contributed by atoms with Crippen LogP contribution >= 0.6 is 45.8 Å². The van der Waals surface area contributed by atoms with Gasteiger partial charge in [0.25, 0.3) is 5.91 Å². The number of hydrazone groups is 1. The summed E-state index contributed by atoms with van der Waals surface area (Å²) in [6, 6.07) is 18.4. The zero-order valence-corrected chi connectivity index (χ0v) is 18.4. The Bertz CT molecular complexity index is 1090. The molecule has 0 saturated heterocycles. The minimum absolute atomic E-state index is 0.218. The number of ether oxygens (including phenoxy) is 1. The molecule has 0 unspecified atom stereocenters. The Balaban J connectivity index is 1.60. The molecule has 0 atom stereocenters. The van der Waals surface area contributed by atoms with E-state index in [0.717, 1.165) is 9.13 Å². The van der Waals surface area contributed by atoms with Crippen LogP contribution in [-0.4, -0.2) is 18.1 Å². The van der Waals surface area contributed by atoms with E-state index in [1.54, 1.807) is 42.5 Å². The highest BCUT2D eigenvalue weighted by molar-refractivity contribution is 14.1. The van der Waals surface area contributed by atoms with Crippen LogP contribution in [0.15, 0.2) is 71.8 Å². The van der Waals surface area contributed by atoms with Crippen molar-refractivity contribution < 1.29 is 14.3 Å². The van der Waals surface area contributed by atoms with Crippen molar-refractivity contribution >= 4 is 63.9 Å². The van der Waals surface area contributed by atoms with E-state index in [4.69, 9.17) is 27.9 Å². The summed E-state index contributed by atoms with van der Waals surface area (Å²) in [5, 5.41) is 4.60. The second-order valence-corrected chi connectivity index (χ2v) is 7.77. The highest BCUT2D eigenvalue weighted by Crippen LogP contribution is 2.23. The fourth-order valence-corrected chi connectivity index (χ4v) is 3.43. The van der Waals surface area contributed by atoms with Gasteiger partial charge in [-0.15, -0.1) is 0 Å². The number of carbonyl (C=O) groups is 2. The van der Waals surface area contributed by atoms with Gasteiger partial charge >= 0.3 is 5.97 Å². The van der Waals surface area contributed by atoms with E-state index in [1.807, 2.05) is 12.1 Å². The predicted molar refractivity (Wildman–Crippen MR) is 122 cm³/mol. The Morgan fingerprint density at radius 1 is 0.966 bits per heavy atom. The molecule has 0 saturated carbocycles. The number of benzene rings is 3. The minimum atomic E-state index is -0.585. The number of hydrogen-bond donors (Lipinski definition) is 1. The van der Waals surface area contributed by atoms with Crippen LogP contribution in [0.25, 0.3) is 0 Å². The summed E-state index contributed by atoms with van der Waals surface area (Å²) in [6.07, 6.45) is 1.50. The highest BCUT2D eigenvalue weighted by Gasteiger charge is 2.13. The van der Waals surface area contributed by atoms with E-state index < -0.39 is 5.97 Å². The van der Waals surface area contributed by atoms with Gasteiger partial charge in [0.05, 0.1) is 22.4 Å². The summed E-state index contributed by atoms with van der Waals surface area (Å²) < 4.78 is 6.15. The first-order valence-electron chi connectivity index (χ1n) is 8.29. The van der Waals surface area contributed by atoms with E-state index in [1.165, 1.54) is 18.3 Å². The van der Waals surface area contributed by atoms with E-state index >= 15 is 0 Å². The Morgan fingerprint density at radius 2 is 1.69 bits per heavy atom. The van der Waals surface area contributed by atoms with E-state index in [9.17, 15) is 9.59 Å². The average Bonchev–Trinajstić information content (AvgIpc) is 2.69. The molecule has 3 rings (SSSR count). The first kappa shape index (κ1) is 21.3. The Morgan fingerprint density at radius 3 is 2.38 bits per heavy atom. The van der Waals surface area contributed by atoms with Gasteiger partial charge in [0.1, 0.15) is 5.75 Å². The maximum absolute atomic E-state index is 12.2. The fraction of sp³-hybridized carbons (Fsp3) is 0. The van der Waals surface area contributed by atoms with Crippen LogP contribution in [0.2, 0.25) is 10.0 Å². The Labute approximate surface area is 190 Å². The van der Waals surface area contributed by atoms with Crippen LogP contribution in [0.4, 0.5) is 0 Å². The third-order valence-corrected chi connectivity index (χ3v) is 5.23. The molecule has 3 aromatic carbocycles. The lowest BCUT2D eigenvalue weighted by Crippen LogP contribution is -2.18. The van der Waals surface area contributed by atoms with Gasteiger partial charge in [0.2, 0.25) is 0 Å². The zero-order valence-electron chi connectivity index (χ0n) is 14.7. The zero-order chi connectivity index (χ0) is 20.8. The molecule has 8 heteroatoms. The first-order chi connectivity index (χ1) is 13.9. The van der Waals surface area contributed by atoms with Crippen LogP contribution < -0.4 is 10.2 Å². The van der Waals surface area contributed by atoms with Crippen LogP contribution in [0.3, 0.4) is 0 Å². The van der Waals surface area contributed by atoms with Crippen molar-refractivity contribution in [3.8, 4) is 5.75 Å². The second-order valence-electron chi connectivity index (χ2n) is 5.76. The van der Waals surface area contributed by atoms with E-state index in [2.05, 4.69) is 33.1 Å². The second kappa shape index (κ2) is 9.87. The lowest BCUT2D eigenvalue weighted by atomic mass is 10.2. The summed E-state index contributed by atoms with van der Waals surface area (Å²) in [5.41, 5.74) is 3.97. The molecule has 3 aromatic rings. The molecule has 0 bridgehead atoms. The van der Waals surface area contributed by atoms with E-state index in [0.29, 0.717) is 16.3 Å². The summed E-state index contributed by atoms with van der Waals surface area (Å²) in [5.74, 6) is -0.532. The summed E-state index contributed by atoms with van der Waals surface area (Å²) in [7, 11) is 0. The van der Waals surface area contributed by atoms with Gasteiger partial charge in [0.15, 0.2) is 0 Å². The standard InChI is InChI=1S/C21H13Cl2IN2O3/c22-14-7-10-16(18(23)11-14)21(28)29-15-8-5-13(6-9-15)12-25-26-20(27)17-3-1-2-4-19(17)24/h1-12H,(H,26,27)/b25-12+. The smallest absolute Gasteiger partial charge is 0.345 e. The summed E-state index contributed by atoms with van der Waals surface area (Å²) in [4.78, 5) is 24.3. The maximum atomic E-state index is 12.2. The van der Waals surface area contributed by atoms with Crippen LogP contribution in [0.1, 0.15) is 26.3 Å². The largest absolute Gasteiger partial charge is 0.423 e. The highest BCUT2D eigenvalue weighted by atomic mass is 127. The SMILES string of the molecule is O=C(Oc1ccc(/C=N/NC(=O)c2ccccc2I)cc1)c1ccc(Cl)cc1Cl. The quantitative estimate of drug-likeness (QED) is 0.151. The average molecular weight is 539 g/mol. The Hall–Kier alpha value is -2.42. The first-order valence-corrected chi connectivity index (χ1v) is 10.1. The molecule has 0 fully saturated rings. The number of esters is 1. The number of hydrogen-bond acceptors (Lipinski definition) is 4. The van der Waals surface area contributed by atoms with Gasteiger partial charge in [-0.25, -0.2) is 10.2 Å².